The second kappa shape index (κ2) is 6.45. The molecule has 1 aromatic rings. The van der Waals surface area contributed by atoms with E-state index in [2.05, 4.69) is 15.9 Å². The van der Waals surface area contributed by atoms with E-state index in [9.17, 15) is 13.2 Å². The number of rotatable bonds is 3. The minimum atomic E-state index is -4.11. The average Bonchev–Trinajstić information content (AvgIpc) is 2.41. The molecule has 1 fully saturated rings. The van der Waals surface area contributed by atoms with E-state index in [1.807, 2.05) is 29.2 Å². The molecule has 0 aliphatic carbocycles. The van der Waals surface area contributed by atoms with E-state index in [0.29, 0.717) is 19.5 Å². The van der Waals surface area contributed by atoms with Crippen molar-refractivity contribution in [1.29, 1.82) is 0 Å². The molecule has 20 heavy (non-hydrogen) atoms. The van der Waals surface area contributed by atoms with Gasteiger partial charge in [-0.25, -0.2) is 0 Å². The van der Waals surface area contributed by atoms with Gasteiger partial charge < -0.3 is 5.73 Å². The topological polar surface area (TPSA) is 29.3 Å². The van der Waals surface area contributed by atoms with E-state index in [4.69, 9.17) is 5.73 Å². The quantitative estimate of drug-likeness (QED) is 0.899. The number of likely N-dealkylation sites (tertiary alicyclic amines) is 1. The highest BCUT2D eigenvalue weighted by Crippen LogP contribution is 2.35. The molecule has 1 aliphatic heterocycles. The van der Waals surface area contributed by atoms with Crippen LogP contribution in [0.3, 0.4) is 0 Å². The first-order valence-electron chi connectivity index (χ1n) is 6.68. The highest BCUT2D eigenvalue weighted by atomic mass is 79.9. The minimum Gasteiger partial charge on any atom is -0.329 e. The van der Waals surface area contributed by atoms with Crippen molar-refractivity contribution in [2.75, 3.05) is 19.6 Å². The van der Waals surface area contributed by atoms with E-state index < -0.39 is 12.1 Å². The number of halogens is 4. The Balaban J connectivity index is 2.13. The lowest BCUT2D eigenvalue weighted by Gasteiger charge is -2.38. The van der Waals surface area contributed by atoms with Crippen molar-refractivity contribution in [3.8, 4) is 0 Å². The highest BCUT2D eigenvalue weighted by Gasteiger charge is 2.42. The van der Waals surface area contributed by atoms with Crippen LogP contribution in [0.15, 0.2) is 28.7 Å². The fourth-order valence-electron chi connectivity index (χ4n) is 2.74. The first kappa shape index (κ1) is 15.8. The largest absolute Gasteiger partial charge is 0.393 e. The predicted octanol–water partition coefficient (Wildman–Crippen LogP) is 3.72. The van der Waals surface area contributed by atoms with Gasteiger partial charge in [-0.3, -0.25) is 4.90 Å². The van der Waals surface area contributed by atoms with E-state index in [-0.39, 0.29) is 19.0 Å². The Bertz CT molecular complexity index is 433. The van der Waals surface area contributed by atoms with Crippen LogP contribution < -0.4 is 5.73 Å². The molecule has 0 saturated carbocycles. The summed E-state index contributed by atoms with van der Waals surface area (Å²) in [5.74, 6) is -1.24. The molecule has 1 heterocycles. The first-order chi connectivity index (χ1) is 9.41. The second-order valence-corrected chi connectivity index (χ2v) is 6.09. The van der Waals surface area contributed by atoms with Crippen LogP contribution in [0.2, 0.25) is 0 Å². The van der Waals surface area contributed by atoms with Crippen molar-refractivity contribution < 1.29 is 13.2 Å². The summed E-state index contributed by atoms with van der Waals surface area (Å²) in [6.07, 6.45) is -3.33. The molecule has 2 rings (SSSR count). The normalized spacial score (nSPS) is 22.8. The predicted molar refractivity (Wildman–Crippen MR) is 76.3 cm³/mol. The van der Waals surface area contributed by atoms with Crippen LogP contribution in [0, 0.1) is 5.92 Å². The maximum Gasteiger partial charge on any atom is 0.393 e. The summed E-state index contributed by atoms with van der Waals surface area (Å²) in [4.78, 5) is 1.87. The second-order valence-electron chi connectivity index (χ2n) is 5.18. The van der Waals surface area contributed by atoms with Crippen molar-refractivity contribution in [1.82, 2.24) is 4.90 Å². The first-order valence-corrected chi connectivity index (χ1v) is 7.47. The molecule has 2 N–H and O–H groups in total. The maximum atomic E-state index is 12.9. The molecule has 2 nitrogen and oxygen atoms in total. The third kappa shape index (κ3) is 3.74. The zero-order chi connectivity index (χ0) is 14.8. The number of nitrogens with two attached hydrogens (primary N) is 1. The van der Waals surface area contributed by atoms with Gasteiger partial charge in [0.15, 0.2) is 0 Å². The molecule has 0 radical (unpaired) electrons. The summed E-state index contributed by atoms with van der Waals surface area (Å²) in [6.45, 7) is 1.04. The van der Waals surface area contributed by atoms with Gasteiger partial charge in [0.25, 0.3) is 0 Å². The van der Waals surface area contributed by atoms with Gasteiger partial charge >= 0.3 is 6.18 Å². The number of benzene rings is 1. The fraction of sp³-hybridized carbons (Fsp3) is 0.571. The summed E-state index contributed by atoms with van der Waals surface area (Å²) in [7, 11) is 0. The molecular weight excluding hydrogens is 333 g/mol. The Kier molecular flexibility index (Phi) is 5.09. The smallest absolute Gasteiger partial charge is 0.329 e. The van der Waals surface area contributed by atoms with Crippen LogP contribution in [-0.4, -0.2) is 30.7 Å². The molecular formula is C14H18BrF3N2. The molecule has 2 unspecified atom stereocenters. The molecule has 0 aromatic heterocycles. The third-order valence-electron chi connectivity index (χ3n) is 3.83. The Morgan fingerprint density at radius 3 is 2.50 bits per heavy atom. The van der Waals surface area contributed by atoms with Crippen molar-refractivity contribution in [3.05, 3.63) is 34.3 Å². The molecule has 112 valence electrons. The Morgan fingerprint density at radius 2 is 1.95 bits per heavy atom. The van der Waals surface area contributed by atoms with Gasteiger partial charge in [-0.2, -0.15) is 13.2 Å². The van der Waals surface area contributed by atoms with Crippen molar-refractivity contribution in [2.24, 2.45) is 11.7 Å². The summed E-state index contributed by atoms with van der Waals surface area (Å²) in [6, 6.07) is 7.47. The molecule has 1 aliphatic rings. The lowest BCUT2D eigenvalue weighted by atomic mass is 9.94. The Morgan fingerprint density at radius 1 is 1.30 bits per heavy atom. The Hall–Kier alpha value is -0.590. The SMILES string of the molecule is NCC(c1ccc(Br)cc1)N1CCCC(C(F)(F)F)C1. The van der Waals surface area contributed by atoms with E-state index in [0.717, 1.165) is 10.0 Å². The van der Waals surface area contributed by atoms with Crippen molar-refractivity contribution in [3.63, 3.8) is 0 Å². The van der Waals surface area contributed by atoms with Crippen molar-refractivity contribution >= 4 is 15.9 Å². The number of hydrogen-bond donors (Lipinski definition) is 1. The fourth-order valence-corrected chi connectivity index (χ4v) is 3.00. The Labute approximate surface area is 125 Å². The van der Waals surface area contributed by atoms with Gasteiger partial charge in [0.1, 0.15) is 0 Å². The van der Waals surface area contributed by atoms with Gasteiger partial charge in [0, 0.05) is 23.6 Å². The lowest BCUT2D eigenvalue weighted by Crippen LogP contribution is -2.45. The van der Waals surface area contributed by atoms with Crippen LogP contribution in [-0.2, 0) is 0 Å². The number of hydrogen-bond acceptors (Lipinski definition) is 2. The zero-order valence-corrected chi connectivity index (χ0v) is 12.6. The highest BCUT2D eigenvalue weighted by molar-refractivity contribution is 9.10. The number of nitrogens with zero attached hydrogens (tertiary/aromatic N) is 1. The van der Waals surface area contributed by atoms with Crippen molar-refractivity contribution in [2.45, 2.75) is 25.1 Å². The zero-order valence-electron chi connectivity index (χ0n) is 11.0. The third-order valence-corrected chi connectivity index (χ3v) is 4.36. The standard InChI is InChI=1S/C14H18BrF3N2/c15-12-5-3-10(4-6-12)13(8-19)20-7-1-2-11(9-20)14(16,17)18/h3-6,11,13H,1-2,7-9,19H2. The minimum absolute atomic E-state index is 0.0431. The molecule has 0 bridgehead atoms. The van der Waals surface area contributed by atoms with E-state index in [1.54, 1.807) is 0 Å². The molecule has 1 aromatic carbocycles. The molecule has 2 atom stereocenters. The van der Waals surface area contributed by atoms with Crippen LogP contribution in [0.5, 0.6) is 0 Å². The summed E-state index contributed by atoms with van der Waals surface area (Å²) in [5, 5.41) is 0. The molecule has 6 heteroatoms. The summed E-state index contributed by atoms with van der Waals surface area (Å²) < 4.78 is 39.6. The van der Waals surface area contributed by atoms with Crippen LogP contribution in [0.25, 0.3) is 0 Å². The van der Waals surface area contributed by atoms with E-state index in [1.165, 1.54) is 0 Å². The lowest BCUT2D eigenvalue weighted by molar-refractivity contribution is -0.188. The molecule has 0 spiro atoms. The average molecular weight is 351 g/mol. The summed E-state index contributed by atoms with van der Waals surface area (Å²) in [5.41, 5.74) is 6.76. The number of piperidine rings is 1. The molecule has 0 amide bonds. The van der Waals surface area contributed by atoms with Crippen LogP contribution >= 0.6 is 15.9 Å². The van der Waals surface area contributed by atoms with Gasteiger partial charge in [0.2, 0.25) is 0 Å². The van der Waals surface area contributed by atoms with Gasteiger partial charge in [-0.05, 0) is 37.1 Å². The molecule has 1 saturated heterocycles. The maximum absolute atomic E-state index is 12.9. The van der Waals surface area contributed by atoms with Gasteiger partial charge in [0.05, 0.1) is 5.92 Å². The number of alkyl halides is 3. The van der Waals surface area contributed by atoms with Crippen LogP contribution in [0.4, 0.5) is 13.2 Å². The van der Waals surface area contributed by atoms with E-state index >= 15 is 0 Å². The monoisotopic (exact) mass is 350 g/mol. The summed E-state index contributed by atoms with van der Waals surface area (Å²) >= 11 is 3.35. The van der Waals surface area contributed by atoms with Gasteiger partial charge in [-0.1, -0.05) is 28.1 Å². The van der Waals surface area contributed by atoms with Crippen LogP contribution in [0.1, 0.15) is 24.4 Å². The van der Waals surface area contributed by atoms with Gasteiger partial charge in [-0.15, -0.1) is 0 Å².